The third kappa shape index (κ3) is 4.03. The summed E-state index contributed by atoms with van der Waals surface area (Å²) in [6.07, 6.45) is 0.0744. The van der Waals surface area contributed by atoms with E-state index >= 15 is 0 Å². The van der Waals surface area contributed by atoms with Crippen LogP contribution in [0.4, 0.5) is 0 Å². The summed E-state index contributed by atoms with van der Waals surface area (Å²) in [6, 6.07) is 14.1. The van der Waals surface area contributed by atoms with Crippen LogP contribution in [0.5, 0.6) is 0 Å². The maximum atomic E-state index is 12.3. The predicted octanol–water partition coefficient (Wildman–Crippen LogP) is 1.15. The molecular weight excluding hydrogens is 344 g/mol. The second-order valence-electron chi connectivity index (χ2n) is 6.15. The smallest absolute Gasteiger partial charge is 0.274 e. The summed E-state index contributed by atoms with van der Waals surface area (Å²) in [5.41, 5.74) is 1.81. The van der Waals surface area contributed by atoms with Gasteiger partial charge in [-0.25, -0.2) is 4.68 Å². The Kier molecular flexibility index (Phi) is 5.30. The molecule has 0 aliphatic rings. The summed E-state index contributed by atoms with van der Waals surface area (Å²) in [6.45, 7) is 0.344. The molecule has 0 bridgehead atoms. The van der Waals surface area contributed by atoms with Crippen LogP contribution in [-0.4, -0.2) is 28.6 Å². The molecule has 0 aliphatic heterocycles. The predicted molar refractivity (Wildman–Crippen MR) is 102 cm³/mol. The van der Waals surface area contributed by atoms with E-state index in [0.29, 0.717) is 28.6 Å². The number of aromatic nitrogens is 2. The lowest BCUT2D eigenvalue weighted by atomic mass is 10.1. The van der Waals surface area contributed by atoms with E-state index in [2.05, 4.69) is 15.7 Å². The third-order valence-corrected chi connectivity index (χ3v) is 4.29. The molecule has 0 spiro atoms. The highest BCUT2D eigenvalue weighted by atomic mass is 16.2. The van der Waals surface area contributed by atoms with Gasteiger partial charge in [-0.2, -0.15) is 5.10 Å². The van der Waals surface area contributed by atoms with Gasteiger partial charge in [0.05, 0.1) is 17.5 Å². The molecule has 0 unspecified atom stereocenters. The van der Waals surface area contributed by atoms with Gasteiger partial charge in [-0.05, 0) is 23.8 Å². The van der Waals surface area contributed by atoms with Crippen molar-refractivity contribution in [2.45, 2.75) is 13.0 Å². The molecule has 1 aromatic heterocycles. The largest absolute Gasteiger partial charge is 0.355 e. The molecule has 138 valence electrons. The fourth-order valence-electron chi connectivity index (χ4n) is 2.84. The molecular formula is C20H20N4O3. The Morgan fingerprint density at radius 2 is 1.70 bits per heavy atom. The van der Waals surface area contributed by atoms with Crippen LogP contribution in [0.3, 0.4) is 0 Å². The maximum absolute atomic E-state index is 12.3. The summed E-state index contributed by atoms with van der Waals surface area (Å²) in [5.74, 6) is -0.347. The molecule has 2 N–H and O–H groups in total. The number of amides is 2. The summed E-state index contributed by atoms with van der Waals surface area (Å²) < 4.78 is 1.25. The molecule has 0 radical (unpaired) electrons. The van der Waals surface area contributed by atoms with Crippen LogP contribution >= 0.6 is 0 Å². The molecule has 3 rings (SSSR count). The van der Waals surface area contributed by atoms with Crippen LogP contribution in [0.1, 0.15) is 21.6 Å². The second-order valence-corrected chi connectivity index (χ2v) is 6.15. The van der Waals surface area contributed by atoms with Gasteiger partial charge in [-0.1, -0.05) is 30.3 Å². The average molecular weight is 364 g/mol. The molecule has 0 fully saturated rings. The molecule has 7 heteroatoms. The number of fused-ring (bicyclic) bond motifs is 1. The van der Waals surface area contributed by atoms with Gasteiger partial charge in [-0.3, -0.25) is 14.4 Å². The van der Waals surface area contributed by atoms with Crippen molar-refractivity contribution in [2.75, 3.05) is 7.05 Å². The highest BCUT2D eigenvalue weighted by Gasteiger charge is 2.12. The van der Waals surface area contributed by atoms with Crippen molar-refractivity contribution in [2.24, 2.45) is 7.05 Å². The van der Waals surface area contributed by atoms with E-state index in [9.17, 15) is 14.4 Å². The molecule has 0 saturated carbocycles. The number of hydrogen-bond acceptors (Lipinski definition) is 4. The third-order valence-electron chi connectivity index (χ3n) is 4.29. The number of nitrogens with zero attached hydrogens (tertiary/aromatic N) is 2. The van der Waals surface area contributed by atoms with E-state index in [1.165, 1.54) is 4.68 Å². The zero-order chi connectivity index (χ0) is 19.4. The number of aryl methyl sites for hydroxylation is 1. The van der Waals surface area contributed by atoms with Gasteiger partial charge < -0.3 is 10.6 Å². The summed E-state index contributed by atoms with van der Waals surface area (Å²) in [7, 11) is 3.15. The van der Waals surface area contributed by atoms with Crippen molar-refractivity contribution in [1.29, 1.82) is 0 Å². The first-order chi connectivity index (χ1) is 13.0. The van der Waals surface area contributed by atoms with Crippen molar-refractivity contribution in [1.82, 2.24) is 20.4 Å². The number of carbonyl (C=O) groups excluding carboxylic acids is 2. The van der Waals surface area contributed by atoms with Crippen molar-refractivity contribution < 1.29 is 9.59 Å². The monoisotopic (exact) mass is 364 g/mol. The molecule has 2 amide bonds. The Morgan fingerprint density at radius 3 is 2.37 bits per heavy atom. The molecule has 27 heavy (non-hydrogen) atoms. The van der Waals surface area contributed by atoms with Gasteiger partial charge in [0.2, 0.25) is 5.91 Å². The Bertz CT molecular complexity index is 1060. The van der Waals surface area contributed by atoms with E-state index in [1.807, 2.05) is 6.07 Å². The molecule has 0 aliphatic carbocycles. The van der Waals surface area contributed by atoms with Gasteiger partial charge in [0.25, 0.3) is 11.5 Å². The number of carbonyl (C=O) groups is 2. The number of hydrogen-bond donors (Lipinski definition) is 2. The van der Waals surface area contributed by atoms with Crippen LogP contribution in [0.15, 0.2) is 53.3 Å². The van der Waals surface area contributed by atoms with Gasteiger partial charge in [0.15, 0.2) is 0 Å². The average Bonchev–Trinajstić information content (AvgIpc) is 2.70. The summed E-state index contributed by atoms with van der Waals surface area (Å²) in [4.78, 5) is 36.0. The highest BCUT2D eigenvalue weighted by molar-refractivity contribution is 5.94. The molecule has 0 saturated heterocycles. The quantitative estimate of drug-likeness (QED) is 0.710. The van der Waals surface area contributed by atoms with Crippen molar-refractivity contribution in [3.05, 3.63) is 75.7 Å². The lowest BCUT2D eigenvalue weighted by Crippen LogP contribution is -2.27. The zero-order valence-electron chi connectivity index (χ0n) is 15.2. The van der Waals surface area contributed by atoms with Crippen LogP contribution in [0.2, 0.25) is 0 Å². The standard InChI is InChI=1S/C20H20N4O3/c1-21-19(26)14-9-7-13(8-10-14)12-22-18(25)11-17-15-5-3-4-6-16(15)20(27)24(2)23-17/h3-10H,11-12H2,1-2H3,(H,21,26)(H,22,25). The lowest BCUT2D eigenvalue weighted by molar-refractivity contribution is -0.120. The van der Waals surface area contributed by atoms with Crippen molar-refractivity contribution in [3.63, 3.8) is 0 Å². The van der Waals surface area contributed by atoms with E-state index in [-0.39, 0.29) is 23.8 Å². The van der Waals surface area contributed by atoms with Crippen LogP contribution in [0.25, 0.3) is 10.8 Å². The molecule has 1 heterocycles. The minimum atomic E-state index is -0.193. The molecule has 0 atom stereocenters. The van der Waals surface area contributed by atoms with E-state index in [0.717, 1.165) is 5.56 Å². The Hall–Kier alpha value is -3.48. The maximum Gasteiger partial charge on any atom is 0.274 e. The first-order valence-electron chi connectivity index (χ1n) is 8.52. The Balaban J connectivity index is 1.70. The van der Waals surface area contributed by atoms with Crippen LogP contribution in [0, 0.1) is 0 Å². The van der Waals surface area contributed by atoms with E-state index in [1.54, 1.807) is 56.6 Å². The molecule has 2 aromatic carbocycles. The molecule has 7 nitrogen and oxygen atoms in total. The topological polar surface area (TPSA) is 93.1 Å². The second kappa shape index (κ2) is 7.82. The number of benzene rings is 2. The fourth-order valence-corrected chi connectivity index (χ4v) is 2.84. The Morgan fingerprint density at radius 1 is 1.04 bits per heavy atom. The SMILES string of the molecule is CNC(=O)c1ccc(CNC(=O)Cc2nn(C)c(=O)c3ccccc23)cc1. The van der Waals surface area contributed by atoms with E-state index < -0.39 is 0 Å². The molecule has 3 aromatic rings. The van der Waals surface area contributed by atoms with Gasteiger partial charge in [0.1, 0.15) is 0 Å². The fraction of sp³-hybridized carbons (Fsp3) is 0.200. The van der Waals surface area contributed by atoms with Gasteiger partial charge in [0, 0.05) is 31.6 Å². The van der Waals surface area contributed by atoms with Gasteiger partial charge >= 0.3 is 0 Å². The highest BCUT2D eigenvalue weighted by Crippen LogP contribution is 2.13. The lowest BCUT2D eigenvalue weighted by Gasteiger charge is -2.09. The minimum absolute atomic E-state index is 0.0744. The number of nitrogens with one attached hydrogen (secondary N) is 2. The first-order valence-corrected chi connectivity index (χ1v) is 8.52. The summed E-state index contributed by atoms with van der Waals surface area (Å²) >= 11 is 0. The first kappa shape index (κ1) is 18.3. The van der Waals surface area contributed by atoms with E-state index in [4.69, 9.17) is 0 Å². The van der Waals surface area contributed by atoms with Crippen LogP contribution in [-0.2, 0) is 24.8 Å². The summed E-state index contributed by atoms with van der Waals surface area (Å²) in [5, 5.41) is 10.9. The van der Waals surface area contributed by atoms with Crippen molar-refractivity contribution >= 4 is 22.6 Å². The van der Waals surface area contributed by atoms with Crippen molar-refractivity contribution in [3.8, 4) is 0 Å². The Labute approximate surface area is 156 Å². The number of rotatable bonds is 5. The minimum Gasteiger partial charge on any atom is -0.355 e. The van der Waals surface area contributed by atoms with Gasteiger partial charge in [-0.15, -0.1) is 0 Å². The van der Waals surface area contributed by atoms with Crippen LogP contribution < -0.4 is 16.2 Å². The normalized spacial score (nSPS) is 10.6. The zero-order valence-corrected chi connectivity index (χ0v) is 15.2.